The highest BCUT2D eigenvalue weighted by Crippen LogP contribution is 2.36. The lowest BCUT2D eigenvalue weighted by Gasteiger charge is -2.47. The molecule has 5 aliphatic rings. The van der Waals surface area contributed by atoms with Crippen LogP contribution in [0.2, 0.25) is 0 Å². The highest BCUT2D eigenvalue weighted by Gasteiger charge is 2.41. The fraction of sp³-hybridized carbons (Fsp3) is 0.167. The highest BCUT2D eigenvalue weighted by molar-refractivity contribution is 6.07. The summed E-state index contributed by atoms with van der Waals surface area (Å²) in [5.41, 5.74) is 2.49. The van der Waals surface area contributed by atoms with E-state index in [-0.39, 0.29) is 0 Å². The minimum absolute atomic E-state index is 0.579. The van der Waals surface area contributed by atoms with Crippen LogP contribution in [0.1, 0.15) is 0 Å². The summed E-state index contributed by atoms with van der Waals surface area (Å²) in [6, 6.07) is 0.579. The molecule has 0 aromatic heterocycles. The van der Waals surface area contributed by atoms with Crippen molar-refractivity contribution in [2.75, 3.05) is 0 Å². The summed E-state index contributed by atoms with van der Waals surface area (Å²) in [6.45, 7) is 0. The Bertz CT molecular complexity index is 216. The normalized spacial score (nSPS) is 35.0. The molecule has 8 heavy (non-hydrogen) atoms. The third-order valence-electron chi connectivity index (χ3n) is 1.81. The Kier molecular flexibility index (Phi) is 0.250. The Morgan fingerprint density at radius 2 is 2.50 bits per heavy atom. The maximum Gasteiger partial charge on any atom is 0.117 e. The van der Waals surface area contributed by atoms with Gasteiger partial charge in [-0.3, -0.25) is 5.01 Å². The Morgan fingerprint density at radius 3 is 2.62 bits per heavy atom. The zero-order chi connectivity index (χ0) is 5.14. The standard InChI is InChI=1S/C6H4N2/c1-2-5-6-3-4(1)8(6)7-5/h1-3,6H. The molecule has 0 radical (unpaired) electrons. The van der Waals surface area contributed by atoms with Crippen LogP contribution in [-0.4, -0.2) is 16.8 Å². The summed E-state index contributed by atoms with van der Waals surface area (Å²) >= 11 is 0. The van der Waals surface area contributed by atoms with Crippen molar-refractivity contribution in [3.63, 3.8) is 0 Å². The van der Waals surface area contributed by atoms with Crippen LogP contribution in [-0.2, 0) is 0 Å². The van der Waals surface area contributed by atoms with Crippen LogP contribution in [0.15, 0.2) is 29.0 Å². The smallest absolute Gasteiger partial charge is 0.117 e. The van der Waals surface area contributed by atoms with Gasteiger partial charge >= 0.3 is 0 Å². The number of nitrogens with zero attached hydrogens (tertiary/aromatic N) is 2. The Morgan fingerprint density at radius 1 is 1.50 bits per heavy atom. The van der Waals surface area contributed by atoms with E-state index in [1.165, 1.54) is 11.4 Å². The maximum absolute atomic E-state index is 4.15. The number of hydrogen-bond acceptors (Lipinski definition) is 2. The van der Waals surface area contributed by atoms with Crippen LogP contribution in [0, 0.1) is 0 Å². The molecule has 0 N–H and O–H groups in total. The molecule has 4 aliphatic heterocycles. The van der Waals surface area contributed by atoms with Crippen LogP contribution in [0.4, 0.5) is 0 Å². The van der Waals surface area contributed by atoms with Gasteiger partial charge < -0.3 is 0 Å². The minimum atomic E-state index is 0.579. The summed E-state index contributed by atoms with van der Waals surface area (Å²) in [4.78, 5) is 0. The monoisotopic (exact) mass is 104 g/mol. The summed E-state index contributed by atoms with van der Waals surface area (Å²) in [5.74, 6) is 0. The molecule has 4 bridgehead atoms. The topological polar surface area (TPSA) is 15.6 Å². The van der Waals surface area contributed by atoms with E-state index in [2.05, 4.69) is 23.3 Å². The van der Waals surface area contributed by atoms with E-state index in [0.29, 0.717) is 6.04 Å². The third-order valence-corrected chi connectivity index (χ3v) is 1.81. The number of rotatable bonds is 0. The molecule has 0 fully saturated rings. The van der Waals surface area contributed by atoms with E-state index in [4.69, 9.17) is 0 Å². The first-order valence-corrected chi connectivity index (χ1v) is 2.73. The van der Waals surface area contributed by atoms with Crippen LogP contribution < -0.4 is 0 Å². The zero-order valence-corrected chi connectivity index (χ0v) is 4.20. The number of hydrazone groups is 1. The van der Waals surface area contributed by atoms with Gasteiger partial charge in [-0.15, -0.1) is 0 Å². The van der Waals surface area contributed by atoms with E-state index in [0.717, 1.165) is 0 Å². The highest BCUT2D eigenvalue weighted by atomic mass is 15.6. The van der Waals surface area contributed by atoms with Crippen molar-refractivity contribution in [1.82, 2.24) is 5.01 Å². The quantitative estimate of drug-likeness (QED) is 0.436. The second-order valence-corrected chi connectivity index (χ2v) is 2.24. The van der Waals surface area contributed by atoms with Crippen LogP contribution >= 0.6 is 0 Å². The van der Waals surface area contributed by atoms with Gasteiger partial charge in [-0.05, 0) is 18.2 Å². The van der Waals surface area contributed by atoms with Gasteiger partial charge in [0.25, 0.3) is 0 Å². The van der Waals surface area contributed by atoms with Gasteiger partial charge in [0.15, 0.2) is 0 Å². The SMILES string of the molecule is C1=CC2=NN3C1=CC23. The predicted molar refractivity (Wildman–Crippen MR) is 30.3 cm³/mol. The van der Waals surface area contributed by atoms with Gasteiger partial charge in [-0.1, -0.05) is 0 Å². The van der Waals surface area contributed by atoms with Crippen molar-refractivity contribution >= 4 is 5.71 Å². The van der Waals surface area contributed by atoms with Crippen molar-refractivity contribution in [2.24, 2.45) is 5.10 Å². The van der Waals surface area contributed by atoms with Gasteiger partial charge in [-0.25, -0.2) is 0 Å². The first kappa shape index (κ1) is 3.07. The summed E-state index contributed by atoms with van der Waals surface area (Å²) in [7, 11) is 0. The molecule has 0 amide bonds. The number of allylic oxidation sites excluding steroid dienone is 1. The lowest BCUT2D eigenvalue weighted by molar-refractivity contribution is 0.271. The zero-order valence-electron chi connectivity index (χ0n) is 4.20. The molecule has 1 atom stereocenters. The van der Waals surface area contributed by atoms with Crippen LogP contribution in [0.25, 0.3) is 0 Å². The van der Waals surface area contributed by atoms with Crippen molar-refractivity contribution < 1.29 is 0 Å². The van der Waals surface area contributed by atoms with Crippen molar-refractivity contribution in [1.29, 1.82) is 0 Å². The third kappa shape index (κ3) is 0.135. The van der Waals surface area contributed by atoms with Gasteiger partial charge in [-0.2, -0.15) is 5.10 Å². The van der Waals surface area contributed by atoms with E-state index in [1.807, 2.05) is 5.01 Å². The van der Waals surface area contributed by atoms with Gasteiger partial charge in [0, 0.05) is 0 Å². The minimum Gasteiger partial charge on any atom is -0.252 e. The number of hydrogen-bond donors (Lipinski definition) is 0. The fourth-order valence-electron chi connectivity index (χ4n) is 1.28. The molecule has 38 valence electrons. The first-order valence-electron chi connectivity index (χ1n) is 2.73. The Balaban J connectivity index is 2.37. The maximum atomic E-state index is 4.15. The molecular formula is C6H4N2. The molecule has 0 aromatic rings. The van der Waals surface area contributed by atoms with E-state index in [1.54, 1.807) is 0 Å². The van der Waals surface area contributed by atoms with Crippen LogP contribution in [0.3, 0.4) is 0 Å². The predicted octanol–water partition coefficient (Wildman–Crippen LogP) is 0.494. The average molecular weight is 104 g/mol. The molecule has 1 unspecified atom stereocenters. The molecule has 5 rings (SSSR count). The molecule has 0 aromatic carbocycles. The average Bonchev–Trinajstić information content (AvgIpc) is 1.84. The molecule has 2 heteroatoms. The van der Waals surface area contributed by atoms with Gasteiger partial charge in [0.1, 0.15) is 6.04 Å². The summed E-state index contributed by atoms with van der Waals surface area (Å²) < 4.78 is 0. The second kappa shape index (κ2) is 0.652. The van der Waals surface area contributed by atoms with E-state index in [9.17, 15) is 0 Å². The molecule has 0 spiro atoms. The Hall–Kier alpha value is -1.05. The molecule has 0 saturated carbocycles. The summed E-state index contributed by atoms with van der Waals surface area (Å²) in [5, 5.41) is 6.19. The van der Waals surface area contributed by atoms with Gasteiger partial charge in [0.2, 0.25) is 0 Å². The largest absolute Gasteiger partial charge is 0.252 e. The van der Waals surface area contributed by atoms with E-state index >= 15 is 0 Å². The second-order valence-electron chi connectivity index (χ2n) is 2.24. The molecule has 0 saturated heterocycles. The van der Waals surface area contributed by atoms with Crippen molar-refractivity contribution in [3.8, 4) is 0 Å². The van der Waals surface area contributed by atoms with Crippen molar-refractivity contribution in [2.45, 2.75) is 6.04 Å². The molecule has 1 aliphatic carbocycles. The van der Waals surface area contributed by atoms with Gasteiger partial charge in [0.05, 0.1) is 11.4 Å². The fourth-order valence-corrected chi connectivity index (χ4v) is 1.28. The summed E-state index contributed by atoms with van der Waals surface area (Å²) in [6.07, 6.45) is 6.41. The lowest BCUT2D eigenvalue weighted by atomic mass is 9.92. The molecule has 2 nitrogen and oxygen atoms in total. The van der Waals surface area contributed by atoms with Crippen molar-refractivity contribution in [3.05, 3.63) is 23.9 Å². The molecule has 4 heterocycles. The molecular weight excluding hydrogens is 100 g/mol. The van der Waals surface area contributed by atoms with E-state index < -0.39 is 0 Å². The first-order chi connectivity index (χ1) is 3.95. The Labute approximate surface area is 46.8 Å². The van der Waals surface area contributed by atoms with Crippen LogP contribution in [0.5, 0.6) is 0 Å². The lowest BCUT2D eigenvalue weighted by Crippen LogP contribution is -2.53.